The highest BCUT2D eigenvalue weighted by Crippen LogP contribution is 2.60. The van der Waals surface area contributed by atoms with Gasteiger partial charge in [0.25, 0.3) is 0 Å². The molecule has 1 N–H and O–H groups in total. The zero-order chi connectivity index (χ0) is 24.4. The number of hydrogen-bond donors (Lipinski definition) is 1. The normalized spacial score (nSPS) is 30.3. The molecular weight excluding hydrogens is 477 g/mol. The molecule has 0 saturated heterocycles. The molecule has 6 nitrogen and oxygen atoms in total. The van der Waals surface area contributed by atoms with Gasteiger partial charge in [-0.15, -0.1) is 0 Å². The molecule has 7 rings (SSSR count). The molecule has 0 spiro atoms. The van der Waals surface area contributed by atoms with Crippen LogP contribution in [0.4, 0.5) is 19.0 Å². The fourth-order valence-corrected chi connectivity index (χ4v) is 9.14. The topological polar surface area (TPSA) is 75.2 Å². The molecule has 1 aromatic carbocycles. The Morgan fingerprint density at radius 3 is 2.34 bits per heavy atom. The van der Waals surface area contributed by atoms with Crippen molar-refractivity contribution in [2.24, 2.45) is 23.2 Å². The minimum absolute atomic E-state index is 0.0710. The van der Waals surface area contributed by atoms with E-state index >= 15 is 0 Å². The maximum absolute atomic E-state index is 13.5. The maximum Gasteiger partial charge on any atom is 0.417 e. The van der Waals surface area contributed by atoms with Crippen molar-refractivity contribution < 1.29 is 21.6 Å². The van der Waals surface area contributed by atoms with E-state index in [0.717, 1.165) is 52.1 Å². The standard InChI is InChI=1S/C25H29F3N4O2S/c26-25(27,28)20-3-1-2-4-22(20)35(33,34)32-6-5-19-21(13-32)30-15-31-23(19)29-14-24-10-16-7-17(11-24)9-18(8-16)12-24/h1-4,15-18H,5-14H2,(H,29,30,31). The summed E-state index contributed by atoms with van der Waals surface area (Å²) in [5, 5.41) is 3.58. The van der Waals surface area contributed by atoms with Crippen LogP contribution < -0.4 is 5.32 Å². The zero-order valence-corrected chi connectivity index (χ0v) is 20.2. The minimum Gasteiger partial charge on any atom is -0.369 e. The summed E-state index contributed by atoms with van der Waals surface area (Å²) in [7, 11) is -4.34. The summed E-state index contributed by atoms with van der Waals surface area (Å²) in [6.45, 7) is 0.875. The molecule has 1 aromatic heterocycles. The van der Waals surface area contributed by atoms with E-state index in [-0.39, 0.29) is 13.1 Å². The Labute approximate surface area is 203 Å². The van der Waals surface area contributed by atoms with E-state index in [2.05, 4.69) is 15.3 Å². The van der Waals surface area contributed by atoms with Crippen LogP contribution in [-0.4, -0.2) is 35.8 Å². The van der Waals surface area contributed by atoms with Crippen LogP contribution in [-0.2, 0) is 29.2 Å². The van der Waals surface area contributed by atoms with Crippen molar-refractivity contribution in [3.8, 4) is 0 Å². The van der Waals surface area contributed by atoms with E-state index in [1.165, 1.54) is 57.0 Å². The lowest BCUT2D eigenvalue weighted by Crippen LogP contribution is -2.49. The van der Waals surface area contributed by atoms with Crippen LogP contribution in [0.1, 0.15) is 55.3 Å². The van der Waals surface area contributed by atoms with Crippen LogP contribution in [0, 0.1) is 23.2 Å². The zero-order valence-electron chi connectivity index (χ0n) is 19.4. The van der Waals surface area contributed by atoms with Gasteiger partial charge in [0.15, 0.2) is 0 Å². The van der Waals surface area contributed by atoms with Gasteiger partial charge in [0.1, 0.15) is 12.1 Å². The van der Waals surface area contributed by atoms with Gasteiger partial charge in [-0.25, -0.2) is 18.4 Å². The predicted molar refractivity (Wildman–Crippen MR) is 124 cm³/mol. The number of fused-ring (bicyclic) bond motifs is 1. The summed E-state index contributed by atoms with van der Waals surface area (Å²) in [5.74, 6) is 3.28. The molecule has 4 saturated carbocycles. The molecular formula is C25H29F3N4O2S. The highest BCUT2D eigenvalue weighted by Gasteiger charge is 2.50. The highest BCUT2D eigenvalue weighted by atomic mass is 32.2. The molecule has 0 radical (unpaired) electrons. The third-order valence-electron chi connectivity index (χ3n) is 8.58. The third kappa shape index (κ3) is 4.12. The number of nitrogens with one attached hydrogen (secondary N) is 1. The summed E-state index contributed by atoms with van der Waals surface area (Å²) in [6.07, 6.45) is 4.96. The van der Waals surface area contributed by atoms with Crippen molar-refractivity contribution in [3.05, 3.63) is 47.4 Å². The van der Waals surface area contributed by atoms with Crippen LogP contribution in [0.5, 0.6) is 0 Å². The first kappa shape index (κ1) is 23.2. The molecule has 2 aromatic rings. The van der Waals surface area contributed by atoms with Gasteiger partial charge in [-0.1, -0.05) is 12.1 Å². The van der Waals surface area contributed by atoms with Crippen molar-refractivity contribution in [1.82, 2.24) is 14.3 Å². The van der Waals surface area contributed by atoms with E-state index < -0.39 is 26.7 Å². The first-order valence-corrected chi connectivity index (χ1v) is 13.8. The Balaban J connectivity index is 1.21. The molecule has 35 heavy (non-hydrogen) atoms. The maximum atomic E-state index is 13.5. The molecule has 10 heteroatoms. The monoisotopic (exact) mass is 506 g/mol. The lowest BCUT2D eigenvalue weighted by molar-refractivity contribution is -0.139. The molecule has 0 unspecified atom stereocenters. The summed E-state index contributed by atoms with van der Waals surface area (Å²) < 4.78 is 67.9. The first-order valence-electron chi connectivity index (χ1n) is 12.4. The summed E-state index contributed by atoms with van der Waals surface area (Å²) in [4.78, 5) is 8.05. The smallest absolute Gasteiger partial charge is 0.369 e. The summed E-state index contributed by atoms with van der Waals surface area (Å²) in [5.41, 5.74) is 0.587. The average molecular weight is 507 g/mol. The largest absolute Gasteiger partial charge is 0.417 e. The number of hydrogen-bond acceptors (Lipinski definition) is 5. The van der Waals surface area contributed by atoms with Crippen molar-refractivity contribution in [1.29, 1.82) is 0 Å². The number of anilines is 1. The van der Waals surface area contributed by atoms with Crippen LogP contribution in [0.15, 0.2) is 35.5 Å². The van der Waals surface area contributed by atoms with Gasteiger partial charge in [-0.3, -0.25) is 0 Å². The van der Waals surface area contributed by atoms with E-state index in [0.29, 0.717) is 17.5 Å². The Bertz CT molecular complexity index is 1210. The second kappa shape index (κ2) is 8.16. The first-order chi connectivity index (χ1) is 16.6. The number of sulfonamides is 1. The van der Waals surface area contributed by atoms with E-state index in [4.69, 9.17) is 0 Å². The van der Waals surface area contributed by atoms with Gasteiger partial charge in [0.2, 0.25) is 10.0 Å². The summed E-state index contributed by atoms with van der Waals surface area (Å²) in [6, 6.07) is 4.34. The number of nitrogens with zero attached hydrogens (tertiary/aromatic N) is 3. The molecule has 4 bridgehead atoms. The number of halogens is 3. The second-order valence-corrected chi connectivity index (χ2v) is 12.9. The van der Waals surface area contributed by atoms with E-state index in [1.54, 1.807) is 0 Å². The van der Waals surface area contributed by atoms with E-state index in [9.17, 15) is 21.6 Å². The fraction of sp³-hybridized carbons (Fsp3) is 0.600. The van der Waals surface area contributed by atoms with Crippen LogP contribution in [0.25, 0.3) is 0 Å². The molecule has 4 aliphatic carbocycles. The Morgan fingerprint density at radius 2 is 1.69 bits per heavy atom. The second-order valence-electron chi connectivity index (χ2n) is 11.0. The SMILES string of the molecule is O=S(=O)(c1ccccc1C(F)(F)F)N1CCc2c(ncnc2NCC23CC4CC(CC(C4)C2)C3)C1. The van der Waals surface area contributed by atoms with Gasteiger partial charge < -0.3 is 5.32 Å². The van der Waals surface area contributed by atoms with Gasteiger partial charge in [-0.2, -0.15) is 17.5 Å². The third-order valence-corrected chi connectivity index (χ3v) is 10.5. The Morgan fingerprint density at radius 1 is 1.03 bits per heavy atom. The van der Waals surface area contributed by atoms with Crippen LogP contribution in [0.2, 0.25) is 0 Å². The van der Waals surface area contributed by atoms with Gasteiger partial charge in [0, 0.05) is 18.7 Å². The predicted octanol–water partition coefficient (Wildman–Crippen LogP) is 4.87. The molecule has 0 amide bonds. The Hall–Kier alpha value is -2.20. The van der Waals surface area contributed by atoms with Crippen molar-refractivity contribution in [3.63, 3.8) is 0 Å². The van der Waals surface area contributed by atoms with Crippen molar-refractivity contribution in [2.45, 2.75) is 62.6 Å². The molecule has 5 aliphatic rings. The van der Waals surface area contributed by atoms with Crippen molar-refractivity contribution >= 4 is 15.8 Å². The van der Waals surface area contributed by atoms with E-state index in [1.807, 2.05) is 0 Å². The van der Waals surface area contributed by atoms with Gasteiger partial charge in [0.05, 0.1) is 22.7 Å². The molecule has 1 aliphatic heterocycles. The number of aromatic nitrogens is 2. The fourth-order valence-electron chi connectivity index (χ4n) is 7.53. The highest BCUT2D eigenvalue weighted by molar-refractivity contribution is 7.89. The van der Waals surface area contributed by atoms with Crippen LogP contribution >= 0.6 is 0 Å². The molecule has 0 atom stereocenters. The summed E-state index contributed by atoms with van der Waals surface area (Å²) >= 11 is 0. The van der Waals surface area contributed by atoms with Gasteiger partial charge in [-0.05, 0) is 80.2 Å². The van der Waals surface area contributed by atoms with Crippen molar-refractivity contribution in [2.75, 3.05) is 18.4 Å². The molecule has 4 fully saturated rings. The lowest BCUT2D eigenvalue weighted by Gasteiger charge is -2.57. The number of alkyl halides is 3. The number of benzene rings is 1. The lowest BCUT2D eigenvalue weighted by atomic mass is 9.49. The molecule has 2 heterocycles. The average Bonchev–Trinajstić information content (AvgIpc) is 2.81. The Kier molecular flexibility index (Phi) is 5.41. The van der Waals surface area contributed by atoms with Crippen LogP contribution in [0.3, 0.4) is 0 Å². The quantitative estimate of drug-likeness (QED) is 0.626. The van der Waals surface area contributed by atoms with Gasteiger partial charge >= 0.3 is 6.18 Å². The molecule has 188 valence electrons. The number of rotatable bonds is 5. The minimum atomic E-state index is -4.76.